The van der Waals surface area contributed by atoms with Gasteiger partial charge in [-0.2, -0.15) is 4.37 Å². The lowest BCUT2D eigenvalue weighted by atomic mass is 10.2. The number of rotatable bonds is 6. The van der Waals surface area contributed by atoms with Gasteiger partial charge in [-0.15, -0.1) is 0 Å². The molecule has 0 radical (unpaired) electrons. The van der Waals surface area contributed by atoms with Gasteiger partial charge in [0, 0.05) is 31.6 Å². The van der Waals surface area contributed by atoms with E-state index in [1.165, 1.54) is 29.8 Å². The molecule has 1 saturated heterocycles. The van der Waals surface area contributed by atoms with Crippen LogP contribution in [0, 0.1) is 0 Å². The molecule has 1 aliphatic heterocycles. The zero-order chi connectivity index (χ0) is 14.5. The Labute approximate surface area is 130 Å². The lowest BCUT2D eigenvalue weighted by molar-refractivity contribution is 0.253. The fourth-order valence-electron chi connectivity index (χ4n) is 2.93. The number of nitrogens with zero attached hydrogens (tertiary/aromatic N) is 3. The number of aromatic nitrogens is 1. The van der Waals surface area contributed by atoms with E-state index in [1.54, 1.807) is 11.5 Å². The van der Waals surface area contributed by atoms with E-state index in [0.717, 1.165) is 44.7 Å². The number of unbranched alkanes of at least 4 members (excludes halogenated alkanes) is 2. The van der Waals surface area contributed by atoms with Gasteiger partial charge in [-0.05, 0) is 49.6 Å². The minimum atomic E-state index is 0.826. The van der Waals surface area contributed by atoms with Crippen LogP contribution < -0.4 is 10.6 Å². The van der Waals surface area contributed by atoms with Crippen LogP contribution >= 0.6 is 11.5 Å². The summed E-state index contributed by atoms with van der Waals surface area (Å²) in [5.41, 5.74) is 6.67. The Balaban J connectivity index is 1.54. The fourth-order valence-corrected chi connectivity index (χ4v) is 3.85. The van der Waals surface area contributed by atoms with Crippen molar-refractivity contribution in [2.75, 3.05) is 44.2 Å². The molecule has 0 spiro atoms. The number of hydrogen-bond donors (Lipinski definition) is 1. The molecule has 114 valence electrons. The van der Waals surface area contributed by atoms with E-state index in [2.05, 4.69) is 38.4 Å². The lowest BCUT2D eigenvalue weighted by Crippen LogP contribution is -2.46. The van der Waals surface area contributed by atoms with Crippen LogP contribution in [0.15, 0.2) is 24.3 Å². The third kappa shape index (κ3) is 3.54. The van der Waals surface area contributed by atoms with E-state index >= 15 is 0 Å². The van der Waals surface area contributed by atoms with Gasteiger partial charge in [0.2, 0.25) is 0 Å². The van der Waals surface area contributed by atoms with Gasteiger partial charge in [-0.25, -0.2) is 0 Å². The standard InChI is InChI=1S/C16H24N4S/c17-8-4-1-5-9-19-10-12-20(13-11-19)16-14-6-2-3-7-15(14)18-21-16/h2-3,6-7H,1,4-5,8-13,17H2. The van der Waals surface area contributed by atoms with Gasteiger partial charge in [0.25, 0.3) is 0 Å². The van der Waals surface area contributed by atoms with Crippen molar-refractivity contribution in [1.29, 1.82) is 0 Å². The van der Waals surface area contributed by atoms with E-state index in [0.29, 0.717) is 0 Å². The molecule has 1 aromatic heterocycles. The summed E-state index contributed by atoms with van der Waals surface area (Å²) in [6.45, 7) is 6.60. The van der Waals surface area contributed by atoms with Crippen molar-refractivity contribution in [3.05, 3.63) is 24.3 Å². The Hall–Kier alpha value is -1.17. The molecule has 2 N–H and O–H groups in total. The number of anilines is 1. The van der Waals surface area contributed by atoms with Crippen molar-refractivity contribution in [3.8, 4) is 0 Å². The molecule has 3 rings (SSSR count). The van der Waals surface area contributed by atoms with Gasteiger partial charge >= 0.3 is 0 Å². The molecule has 1 aromatic carbocycles. The van der Waals surface area contributed by atoms with E-state index in [1.807, 2.05) is 0 Å². The van der Waals surface area contributed by atoms with E-state index in [9.17, 15) is 0 Å². The van der Waals surface area contributed by atoms with Crippen molar-refractivity contribution >= 4 is 27.4 Å². The number of nitrogens with two attached hydrogens (primary N) is 1. The van der Waals surface area contributed by atoms with Crippen molar-refractivity contribution in [2.24, 2.45) is 5.73 Å². The van der Waals surface area contributed by atoms with Crippen LogP contribution in [0.2, 0.25) is 0 Å². The molecule has 4 nitrogen and oxygen atoms in total. The summed E-state index contributed by atoms with van der Waals surface area (Å²) in [6, 6.07) is 8.45. The first-order valence-electron chi connectivity index (χ1n) is 7.90. The van der Waals surface area contributed by atoms with E-state index in [-0.39, 0.29) is 0 Å². The summed E-state index contributed by atoms with van der Waals surface area (Å²) >= 11 is 1.64. The second-order valence-electron chi connectivity index (χ2n) is 5.68. The molecular formula is C16H24N4S. The van der Waals surface area contributed by atoms with Crippen molar-refractivity contribution < 1.29 is 0 Å². The molecule has 1 fully saturated rings. The molecular weight excluding hydrogens is 280 g/mol. The highest BCUT2D eigenvalue weighted by molar-refractivity contribution is 7.11. The Morgan fingerprint density at radius 3 is 2.67 bits per heavy atom. The van der Waals surface area contributed by atoms with Crippen LogP contribution in [0.4, 0.5) is 5.00 Å². The summed E-state index contributed by atoms with van der Waals surface area (Å²) in [4.78, 5) is 5.08. The lowest BCUT2D eigenvalue weighted by Gasteiger charge is -2.35. The van der Waals surface area contributed by atoms with Gasteiger partial charge in [-0.1, -0.05) is 18.6 Å². The minimum Gasteiger partial charge on any atom is -0.359 e. The van der Waals surface area contributed by atoms with Gasteiger partial charge in [0.1, 0.15) is 5.00 Å². The van der Waals surface area contributed by atoms with Gasteiger partial charge in [0.05, 0.1) is 5.52 Å². The second-order valence-corrected chi connectivity index (χ2v) is 6.43. The van der Waals surface area contributed by atoms with Crippen LogP contribution in [-0.4, -0.2) is 48.5 Å². The van der Waals surface area contributed by atoms with Crippen LogP contribution in [0.3, 0.4) is 0 Å². The van der Waals surface area contributed by atoms with Crippen LogP contribution in [0.1, 0.15) is 19.3 Å². The van der Waals surface area contributed by atoms with E-state index < -0.39 is 0 Å². The van der Waals surface area contributed by atoms with Crippen molar-refractivity contribution in [1.82, 2.24) is 9.27 Å². The molecule has 0 amide bonds. The molecule has 2 heterocycles. The Morgan fingerprint density at radius 2 is 1.86 bits per heavy atom. The molecule has 2 aromatic rings. The summed E-state index contributed by atoms with van der Waals surface area (Å²) in [5, 5.41) is 2.65. The number of benzene rings is 1. The van der Waals surface area contributed by atoms with Gasteiger partial charge in [-0.3, -0.25) is 4.90 Å². The Morgan fingerprint density at radius 1 is 1.05 bits per heavy atom. The predicted molar refractivity (Wildman–Crippen MR) is 91.2 cm³/mol. The third-order valence-electron chi connectivity index (χ3n) is 4.20. The minimum absolute atomic E-state index is 0.826. The predicted octanol–water partition coefficient (Wildman–Crippen LogP) is 2.55. The SMILES string of the molecule is NCCCCCN1CCN(c2snc3ccccc23)CC1. The van der Waals surface area contributed by atoms with Crippen molar-refractivity contribution in [2.45, 2.75) is 19.3 Å². The quantitative estimate of drug-likeness (QED) is 0.833. The zero-order valence-electron chi connectivity index (χ0n) is 12.5. The molecule has 0 bridgehead atoms. The monoisotopic (exact) mass is 304 g/mol. The molecule has 0 saturated carbocycles. The number of hydrogen-bond acceptors (Lipinski definition) is 5. The smallest absolute Gasteiger partial charge is 0.120 e. The summed E-state index contributed by atoms with van der Waals surface area (Å²) in [7, 11) is 0. The van der Waals surface area contributed by atoms with Crippen LogP contribution in [0.25, 0.3) is 10.9 Å². The highest BCUT2D eigenvalue weighted by Crippen LogP contribution is 2.31. The van der Waals surface area contributed by atoms with Crippen LogP contribution in [-0.2, 0) is 0 Å². The Bertz CT molecular complexity index is 560. The first-order valence-corrected chi connectivity index (χ1v) is 8.67. The second kappa shape index (κ2) is 7.20. The van der Waals surface area contributed by atoms with Gasteiger partial charge < -0.3 is 10.6 Å². The molecule has 5 heteroatoms. The first kappa shape index (κ1) is 14.8. The van der Waals surface area contributed by atoms with E-state index in [4.69, 9.17) is 5.73 Å². The topological polar surface area (TPSA) is 45.4 Å². The average molecular weight is 304 g/mol. The maximum Gasteiger partial charge on any atom is 0.120 e. The molecule has 1 aliphatic rings. The maximum absolute atomic E-state index is 5.54. The molecule has 21 heavy (non-hydrogen) atoms. The van der Waals surface area contributed by atoms with Crippen molar-refractivity contribution in [3.63, 3.8) is 0 Å². The summed E-state index contributed by atoms with van der Waals surface area (Å²) in [6.07, 6.45) is 3.70. The maximum atomic E-state index is 5.54. The average Bonchev–Trinajstić information content (AvgIpc) is 2.96. The fraction of sp³-hybridized carbons (Fsp3) is 0.562. The first-order chi connectivity index (χ1) is 10.4. The summed E-state index contributed by atoms with van der Waals surface area (Å²) in [5.74, 6) is 0. The highest BCUT2D eigenvalue weighted by Gasteiger charge is 2.19. The molecule has 0 unspecified atom stereocenters. The molecule has 0 atom stereocenters. The van der Waals surface area contributed by atoms with Crippen LogP contribution in [0.5, 0.6) is 0 Å². The van der Waals surface area contributed by atoms with Gasteiger partial charge in [0.15, 0.2) is 0 Å². The third-order valence-corrected chi connectivity index (χ3v) is 5.14. The zero-order valence-corrected chi connectivity index (χ0v) is 13.3. The number of piperazine rings is 1. The number of fused-ring (bicyclic) bond motifs is 1. The summed E-state index contributed by atoms with van der Waals surface area (Å²) < 4.78 is 4.56. The Kier molecular flexibility index (Phi) is 5.06. The highest BCUT2D eigenvalue weighted by atomic mass is 32.1. The normalized spacial score (nSPS) is 16.7. The molecule has 0 aliphatic carbocycles. The largest absolute Gasteiger partial charge is 0.359 e.